The number of nitrogens with zero attached hydrogens (tertiary/aromatic N) is 4. The van der Waals surface area contributed by atoms with Crippen LogP contribution in [0.1, 0.15) is 77.2 Å². The molecule has 0 spiro atoms. The van der Waals surface area contributed by atoms with E-state index in [1.165, 1.54) is 29.1 Å². The van der Waals surface area contributed by atoms with Crippen molar-refractivity contribution in [2.24, 2.45) is 21.6 Å². The quantitative estimate of drug-likeness (QED) is 0.214. The van der Waals surface area contributed by atoms with E-state index in [1.54, 1.807) is 33.8 Å². The molecule has 4 N–H and O–H groups in total. The van der Waals surface area contributed by atoms with Crippen molar-refractivity contribution in [1.82, 2.24) is 15.1 Å². The van der Waals surface area contributed by atoms with Crippen LogP contribution in [0.3, 0.4) is 0 Å². The van der Waals surface area contributed by atoms with E-state index in [1.807, 2.05) is 6.92 Å². The van der Waals surface area contributed by atoms with Gasteiger partial charge in [0.25, 0.3) is 0 Å². The van der Waals surface area contributed by atoms with E-state index in [2.05, 4.69) is 27.0 Å². The number of hydrogen-bond acceptors (Lipinski definition) is 8. The monoisotopic (exact) mass is 668 g/mol. The zero-order valence-corrected chi connectivity index (χ0v) is 27.2. The molecule has 0 saturated heterocycles. The number of carboxylic acid groups (broad SMARTS) is 1. The Bertz CT molecular complexity index is 1480. The number of nitrogens with two attached hydrogens (primary N) is 1. The van der Waals surface area contributed by atoms with Crippen molar-refractivity contribution in [3.05, 3.63) is 58.9 Å². The average molecular weight is 669 g/mol. The van der Waals surface area contributed by atoms with E-state index in [0.29, 0.717) is 30.5 Å². The van der Waals surface area contributed by atoms with Gasteiger partial charge in [-0.1, -0.05) is 43.2 Å². The highest BCUT2D eigenvalue weighted by Gasteiger charge is 2.45. The fraction of sp³-hybridized carbons (Fsp3) is 0.516. The van der Waals surface area contributed by atoms with Crippen LogP contribution in [0.15, 0.2) is 52.6 Å². The van der Waals surface area contributed by atoms with Crippen molar-refractivity contribution in [1.29, 1.82) is 0 Å². The number of rotatable bonds is 12. The minimum Gasteiger partial charge on any atom is -0.480 e. The van der Waals surface area contributed by atoms with Crippen molar-refractivity contribution in [3.63, 3.8) is 0 Å². The summed E-state index contributed by atoms with van der Waals surface area (Å²) in [4.78, 5) is 32.2. The van der Waals surface area contributed by atoms with Gasteiger partial charge in [-0.2, -0.15) is 23.3 Å². The van der Waals surface area contributed by atoms with Crippen molar-refractivity contribution in [3.8, 4) is 5.69 Å². The molecule has 15 heteroatoms. The van der Waals surface area contributed by atoms with Gasteiger partial charge in [-0.25, -0.2) is 19.3 Å². The second-order valence-corrected chi connectivity index (χ2v) is 12.5. The highest BCUT2D eigenvalue weighted by atomic mass is 35.5. The molecule has 2 heterocycles. The maximum atomic E-state index is 14.5. The Kier molecular flexibility index (Phi) is 11.9. The molecule has 3 rings (SSSR count). The number of amides is 1. The number of guanidine groups is 1. The summed E-state index contributed by atoms with van der Waals surface area (Å²) in [5, 5.41) is 16.5. The molecule has 2 aromatic rings. The number of alkyl halides is 3. The fourth-order valence-corrected chi connectivity index (χ4v) is 5.03. The molecule has 0 saturated carbocycles. The van der Waals surface area contributed by atoms with E-state index in [0.717, 1.165) is 0 Å². The lowest BCUT2D eigenvalue weighted by Crippen LogP contribution is -2.44. The molecular weight excluding hydrogens is 629 g/mol. The summed E-state index contributed by atoms with van der Waals surface area (Å²) < 4.78 is 55.5. The number of carboxylic acids is 1. The molecule has 0 bridgehead atoms. The van der Waals surface area contributed by atoms with Gasteiger partial charge in [0.2, 0.25) is 12.1 Å². The largest absolute Gasteiger partial charge is 0.480 e. The molecule has 252 valence electrons. The zero-order valence-electron chi connectivity index (χ0n) is 26.4. The van der Waals surface area contributed by atoms with Crippen molar-refractivity contribution in [2.75, 3.05) is 0 Å². The van der Waals surface area contributed by atoms with Gasteiger partial charge in [0, 0.05) is 16.8 Å². The Morgan fingerprint density at radius 2 is 1.96 bits per heavy atom. The lowest BCUT2D eigenvalue weighted by Gasteiger charge is -2.28. The van der Waals surface area contributed by atoms with E-state index < -0.39 is 42.0 Å². The molecule has 11 nitrogen and oxygen atoms in total. The summed E-state index contributed by atoms with van der Waals surface area (Å²) in [7, 11) is 0. The van der Waals surface area contributed by atoms with Gasteiger partial charge < -0.3 is 25.6 Å². The lowest BCUT2D eigenvalue weighted by molar-refractivity contribution is -0.202. The number of aliphatic imine (C=N–C) groups is 2. The summed E-state index contributed by atoms with van der Waals surface area (Å²) in [6.45, 7) is 12.7. The average Bonchev–Trinajstić information content (AvgIpc) is 3.37. The number of halogens is 4. The Morgan fingerprint density at radius 1 is 1.26 bits per heavy atom. The van der Waals surface area contributed by atoms with E-state index in [-0.39, 0.29) is 46.9 Å². The van der Waals surface area contributed by atoms with Gasteiger partial charge in [-0.05, 0) is 71.1 Å². The number of carbonyl (C=O) groups excluding carboxylic acids is 1. The number of nitrogens with one attached hydrogen (secondary N) is 1. The van der Waals surface area contributed by atoms with Crippen molar-refractivity contribution >= 4 is 35.5 Å². The molecule has 1 amide bonds. The maximum Gasteiger partial charge on any atom is 0.429 e. The lowest BCUT2D eigenvalue weighted by atomic mass is 9.89. The van der Waals surface area contributed by atoms with Crippen molar-refractivity contribution < 1.29 is 37.3 Å². The smallest absolute Gasteiger partial charge is 0.429 e. The molecule has 1 aromatic carbocycles. The minimum absolute atomic E-state index is 0.0911. The molecule has 0 radical (unpaired) electrons. The second-order valence-electron chi connectivity index (χ2n) is 12.1. The first-order chi connectivity index (χ1) is 21.4. The van der Waals surface area contributed by atoms with Gasteiger partial charge in [-0.15, -0.1) is 0 Å². The third-order valence-electron chi connectivity index (χ3n) is 7.17. The van der Waals surface area contributed by atoms with Crippen LogP contribution in [0.5, 0.6) is 0 Å². The van der Waals surface area contributed by atoms with Crippen LogP contribution in [-0.2, 0) is 14.3 Å². The first kappa shape index (κ1) is 36.4. The highest BCUT2D eigenvalue weighted by Crippen LogP contribution is 2.40. The van der Waals surface area contributed by atoms with E-state index in [4.69, 9.17) is 26.8 Å². The SMILES string of the molecule is C=C(CCC(CC)C[C@H](NC(=O)OC(C)(C)C)C(=O)O)C1CC(O[C@H](c2ccc(Cl)cc2-n2ccc(C)n2)C(F)(F)F)=NC(N)=N1. The first-order valence-electron chi connectivity index (χ1n) is 14.7. The van der Waals surface area contributed by atoms with Crippen LogP contribution >= 0.6 is 11.6 Å². The van der Waals surface area contributed by atoms with Gasteiger partial charge in [0.15, 0.2) is 5.90 Å². The number of hydrogen-bond donors (Lipinski definition) is 3. The molecule has 2 unspecified atom stereocenters. The van der Waals surface area contributed by atoms with Crippen LogP contribution in [0.25, 0.3) is 5.69 Å². The Balaban J connectivity index is 1.72. The normalized spacial score (nSPS) is 17.3. The van der Waals surface area contributed by atoms with Crippen LogP contribution in [0, 0.1) is 12.8 Å². The third kappa shape index (κ3) is 10.5. The molecule has 0 fully saturated rings. The molecular formula is C31H40ClF3N6O5. The predicted molar refractivity (Wildman–Crippen MR) is 168 cm³/mol. The summed E-state index contributed by atoms with van der Waals surface area (Å²) in [5.74, 6) is -1.85. The molecule has 46 heavy (non-hydrogen) atoms. The molecule has 1 aliphatic rings. The van der Waals surface area contributed by atoms with Crippen molar-refractivity contribution in [2.45, 2.75) is 96.7 Å². The highest BCUT2D eigenvalue weighted by molar-refractivity contribution is 6.30. The van der Waals surface area contributed by atoms with Crippen LogP contribution in [0.4, 0.5) is 18.0 Å². The number of ether oxygens (including phenoxy) is 2. The predicted octanol–water partition coefficient (Wildman–Crippen LogP) is 6.67. The van der Waals surface area contributed by atoms with Gasteiger partial charge >= 0.3 is 18.2 Å². The first-order valence-corrected chi connectivity index (χ1v) is 15.1. The van der Waals surface area contributed by atoms with Gasteiger partial charge in [0.1, 0.15) is 11.6 Å². The number of benzene rings is 1. The fourth-order valence-electron chi connectivity index (χ4n) is 4.86. The molecule has 4 atom stereocenters. The molecule has 1 aliphatic heterocycles. The number of aryl methyl sites for hydroxylation is 1. The number of aromatic nitrogens is 2. The van der Waals surface area contributed by atoms with Crippen LogP contribution in [0.2, 0.25) is 5.02 Å². The standard InChI is InChI=1S/C31H40ClF3N6O5/c1-7-19(14-23(27(42)43)38-29(44)46-30(4,5)6)9-8-17(2)22-16-25(39-28(36)37-22)45-26(31(33,34)35)21-11-10-20(32)15-24(21)41-13-12-18(3)40-41/h10-13,15,19,22-23,26H,2,7-9,14,16H2,1,3-6H3,(H2,36,37)(H,38,44)(H,42,43)/t19?,22?,23-,26+/m0/s1. The summed E-state index contributed by atoms with van der Waals surface area (Å²) in [6.07, 6.45) is -5.10. The van der Waals surface area contributed by atoms with Gasteiger partial charge in [-0.3, -0.25) is 0 Å². The molecule has 0 aliphatic carbocycles. The number of aliphatic carboxylic acids is 1. The second kappa shape index (κ2) is 15.0. The van der Waals surface area contributed by atoms with Gasteiger partial charge in [0.05, 0.1) is 23.8 Å². The maximum absolute atomic E-state index is 14.5. The van der Waals surface area contributed by atoms with Crippen LogP contribution in [-0.4, -0.2) is 62.7 Å². The molecule has 1 aromatic heterocycles. The Morgan fingerprint density at radius 3 is 2.52 bits per heavy atom. The van der Waals surface area contributed by atoms with E-state index >= 15 is 0 Å². The third-order valence-corrected chi connectivity index (χ3v) is 7.41. The van der Waals surface area contributed by atoms with E-state index in [9.17, 15) is 27.9 Å². The number of alkyl carbamates (subject to hydrolysis) is 1. The number of carbonyl (C=O) groups is 2. The minimum atomic E-state index is -4.84. The Hall–Kier alpha value is -4.07. The zero-order chi connectivity index (χ0) is 34.4. The summed E-state index contributed by atoms with van der Waals surface area (Å²) in [5.41, 5.74) is 6.14. The Labute approximate surface area is 270 Å². The topological polar surface area (TPSA) is 153 Å². The van der Waals surface area contributed by atoms with Crippen LogP contribution < -0.4 is 11.1 Å². The summed E-state index contributed by atoms with van der Waals surface area (Å²) in [6, 6.07) is 3.70. The summed E-state index contributed by atoms with van der Waals surface area (Å²) >= 11 is 6.13.